The van der Waals surface area contributed by atoms with Gasteiger partial charge in [-0.2, -0.15) is 0 Å². The van der Waals surface area contributed by atoms with E-state index in [-0.39, 0.29) is 17.2 Å². The van der Waals surface area contributed by atoms with E-state index in [0.29, 0.717) is 5.13 Å². The first kappa shape index (κ1) is 17.1. The van der Waals surface area contributed by atoms with Crippen molar-refractivity contribution in [2.24, 2.45) is 0 Å². The normalized spacial score (nSPS) is 12.5. The first-order valence-electron chi connectivity index (χ1n) is 7.28. The predicted molar refractivity (Wildman–Crippen MR) is 90.4 cm³/mol. The van der Waals surface area contributed by atoms with Gasteiger partial charge in [0.15, 0.2) is 0 Å². The molecule has 1 aromatic heterocycles. The molecular formula is C16H20N4O2S. The van der Waals surface area contributed by atoms with Crippen molar-refractivity contribution in [1.29, 1.82) is 0 Å². The minimum absolute atomic E-state index is 0.254. The van der Waals surface area contributed by atoms with Gasteiger partial charge in [-0.15, -0.1) is 10.2 Å². The molecular weight excluding hydrogens is 312 g/mol. The summed E-state index contributed by atoms with van der Waals surface area (Å²) in [4.78, 5) is 23.0. The van der Waals surface area contributed by atoms with Gasteiger partial charge in [0.2, 0.25) is 16.9 Å². The number of amides is 2. The van der Waals surface area contributed by atoms with Crippen molar-refractivity contribution in [2.45, 2.75) is 39.2 Å². The summed E-state index contributed by atoms with van der Waals surface area (Å²) in [7, 11) is 0. The van der Waals surface area contributed by atoms with Crippen molar-refractivity contribution in [3.8, 4) is 0 Å². The average molecular weight is 332 g/mol. The van der Waals surface area contributed by atoms with Gasteiger partial charge in [-0.25, -0.2) is 0 Å². The highest BCUT2D eigenvalue weighted by Gasteiger charge is 2.28. The Morgan fingerprint density at radius 3 is 2.43 bits per heavy atom. The van der Waals surface area contributed by atoms with Crippen LogP contribution in [0.3, 0.4) is 0 Å². The molecule has 122 valence electrons. The number of carbonyl (C=O) groups excluding carboxylic acids is 2. The highest BCUT2D eigenvalue weighted by molar-refractivity contribution is 7.15. The van der Waals surface area contributed by atoms with E-state index in [0.717, 1.165) is 10.6 Å². The Morgan fingerprint density at radius 2 is 1.83 bits per heavy atom. The first-order chi connectivity index (χ1) is 10.8. The summed E-state index contributed by atoms with van der Waals surface area (Å²) < 4.78 is 0. The monoisotopic (exact) mass is 332 g/mol. The van der Waals surface area contributed by atoms with Gasteiger partial charge in [0, 0.05) is 12.3 Å². The summed E-state index contributed by atoms with van der Waals surface area (Å²) >= 11 is 1.33. The quantitative estimate of drug-likeness (QED) is 0.880. The number of nitrogens with one attached hydrogen (secondary N) is 2. The molecule has 23 heavy (non-hydrogen) atoms. The smallest absolute Gasteiger partial charge is 0.248 e. The third-order valence-corrected chi connectivity index (χ3v) is 4.66. The number of anilines is 1. The third kappa shape index (κ3) is 4.13. The Morgan fingerprint density at radius 1 is 1.17 bits per heavy atom. The summed E-state index contributed by atoms with van der Waals surface area (Å²) in [6, 6.07) is 9.39. The maximum absolute atomic E-state index is 12.0. The van der Waals surface area contributed by atoms with Crippen LogP contribution in [-0.2, 0) is 15.0 Å². The van der Waals surface area contributed by atoms with E-state index in [9.17, 15) is 9.59 Å². The van der Waals surface area contributed by atoms with Crippen molar-refractivity contribution >= 4 is 28.3 Å². The summed E-state index contributed by atoms with van der Waals surface area (Å²) in [5, 5.41) is 14.7. The van der Waals surface area contributed by atoms with Crippen LogP contribution in [0, 0.1) is 0 Å². The van der Waals surface area contributed by atoms with E-state index >= 15 is 0 Å². The number of benzene rings is 1. The number of rotatable bonds is 5. The Kier molecular flexibility index (Phi) is 5.10. The average Bonchev–Trinajstić information content (AvgIpc) is 2.96. The van der Waals surface area contributed by atoms with E-state index in [1.54, 1.807) is 6.92 Å². The standard InChI is InChI=1S/C16H20N4O2S/c1-10(17-11(2)21)13(22)18-15-20-19-14(23-15)16(3,4)12-8-6-5-7-9-12/h5-10H,1-4H3,(H,17,21)(H,18,20,22)/t10-/m1/s1. The molecule has 0 unspecified atom stereocenters. The number of hydrogen-bond acceptors (Lipinski definition) is 5. The van der Waals surface area contributed by atoms with Crippen LogP contribution in [0.4, 0.5) is 5.13 Å². The van der Waals surface area contributed by atoms with E-state index in [4.69, 9.17) is 0 Å². The van der Waals surface area contributed by atoms with Gasteiger partial charge in [-0.1, -0.05) is 41.7 Å². The topological polar surface area (TPSA) is 84.0 Å². The van der Waals surface area contributed by atoms with Gasteiger partial charge in [0.05, 0.1) is 0 Å². The van der Waals surface area contributed by atoms with Crippen LogP contribution in [0.2, 0.25) is 0 Å². The highest BCUT2D eigenvalue weighted by atomic mass is 32.1. The molecule has 0 aliphatic rings. The van der Waals surface area contributed by atoms with Crippen molar-refractivity contribution in [3.63, 3.8) is 0 Å². The largest absolute Gasteiger partial charge is 0.345 e. The molecule has 0 saturated heterocycles. The molecule has 1 atom stereocenters. The summed E-state index contributed by atoms with van der Waals surface area (Å²) in [6.45, 7) is 7.12. The summed E-state index contributed by atoms with van der Waals surface area (Å²) in [5.41, 5.74) is 0.825. The molecule has 2 amide bonds. The zero-order chi connectivity index (χ0) is 17.0. The van der Waals surface area contributed by atoms with Crippen LogP contribution >= 0.6 is 11.3 Å². The summed E-state index contributed by atoms with van der Waals surface area (Å²) in [5.74, 6) is -0.573. The lowest BCUT2D eigenvalue weighted by molar-refractivity contribution is -0.124. The van der Waals surface area contributed by atoms with Crippen LogP contribution in [0.15, 0.2) is 30.3 Å². The molecule has 1 aromatic carbocycles. The molecule has 0 saturated carbocycles. The second-order valence-electron chi connectivity index (χ2n) is 5.81. The van der Waals surface area contributed by atoms with Crippen molar-refractivity contribution < 1.29 is 9.59 Å². The zero-order valence-corrected chi connectivity index (χ0v) is 14.4. The molecule has 6 nitrogen and oxygen atoms in total. The van der Waals surface area contributed by atoms with Crippen LogP contribution in [0.1, 0.15) is 38.3 Å². The van der Waals surface area contributed by atoms with Gasteiger partial charge in [0.1, 0.15) is 11.0 Å². The molecule has 2 rings (SSSR count). The van der Waals surface area contributed by atoms with Gasteiger partial charge in [-0.3, -0.25) is 14.9 Å². The Labute approximate surface area is 139 Å². The van der Waals surface area contributed by atoms with E-state index < -0.39 is 6.04 Å². The molecule has 1 heterocycles. The fraction of sp³-hybridized carbons (Fsp3) is 0.375. The number of aromatic nitrogens is 2. The lowest BCUT2D eigenvalue weighted by Gasteiger charge is -2.21. The molecule has 0 aliphatic heterocycles. The zero-order valence-electron chi connectivity index (χ0n) is 13.6. The second kappa shape index (κ2) is 6.87. The third-order valence-electron chi connectivity index (χ3n) is 3.50. The van der Waals surface area contributed by atoms with E-state index in [1.807, 2.05) is 30.3 Å². The minimum Gasteiger partial charge on any atom is -0.345 e. The van der Waals surface area contributed by atoms with Crippen molar-refractivity contribution in [1.82, 2.24) is 15.5 Å². The van der Waals surface area contributed by atoms with Crippen LogP contribution in [-0.4, -0.2) is 28.1 Å². The van der Waals surface area contributed by atoms with Gasteiger partial charge < -0.3 is 5.32 Å². The van der Waals surface area contributed by atoms with Crippen molar-refractivity contribution in [3.05, 3.63) is 40.9 Å². The summed E-state index contributed by atoms with van der Waals surface area (Å²) in [6.07, 6.45) is 0. The molecule has 0 bridgehead atoms. The second-order valence-corrected chi connectivity index (χ2v) is 6.79. The first-order valence-corrected chi connectivity index (χ1v) is 8.10. The molecule has 7 heteroatoms. The lowest BCUT2D eigenvalue weighted by atomic mass is 9.85. The van der Waals surface area contributed by atoms with E-state index in [1.165, 1.54) is 18.3 Å². The Hall–Kier alpha value is -2.28. The molecule has 2 N–H and O–H groups in total. The maximum Gasteiger partial charge on any atom is 0.248 e. The van der Waals surface area contributed by atoms with Crippen LogP contribution < -0.4 is 10.6 Å². The van der Waals surface area contributed by atoms with E-state index in [2.05, 4.69) is 34.7 Å². The maximum atomic E-state index is 12.0. The van der Waals surface area contributed by atoms with Crippen molar-refractivity contribution in [2.75, 3.05) is 5.32 Å². The molecule has 0 aliphatic carbocycles. The lowest BCUT2D eigenvalue weighted by Crippen LogP contribution is -2.40. The number of nitrogens with zero attached hydrogens (tertiary/aromatic N) is 2. The predicted octanol–water partition coefficient (Wildman–Crippen LogP) is 2.33. The number of hydrogen-bond donors (Lipinski definition) is 2. The molecule has 0 spiro atoms. The van der Waals surface area contributed by atoms with Crippen LogP contribution in [0.25, 0.3) is 0 Å². The molecule has 0 radical (unpaired) electrons. The Bertz CT molecular complexity index is 697. The minimum atomic E-state index is -0.623. The molecule has 0 fully saturated rings. The fourth-order valence-corrected chi connectivity index (χ4v) is 2.96. The molecule has 2 aromatic rings. The van der Waals surface area contributed by atoms with Gasteiger partial charge >= 0.3 is 0 Å². The highest BCUT2D eigenvalue weighted by Crippen LogP contribution is 2.34. The van der Waals surface area contributed by atoms with Gasteiger partial charge in [-0.05, 0) is 26.3 Å². The SMILES string of the molecule is CC(=O)N[C@H](C)C(=O)Nc1nnc(C(C)(C)c2ccccc2)s1. The number of carbonyl (C=O) groups is 2. The fourth-order valence-electron chi connectivity index (χ4n) is 2.09. The van der Waals surface area contributed by atoms with Gasteiger partial charge in [0.25, 0.3) is 0 Å². The van der Waals surface area contributed by atoms with Crippen LogP contribution in [0.5, 0.6) is 0 Å². The Balaban J connectivity index is 2.12.